The monoisotopic (exact) mass is 482 g/mol. The maximum absolute atomic E-state index is 12.2. The van der Waals surface area contributed by atoms with Crippen molar-refractivity contribution in [1.82, 2.24) is 25.1 Å². The third-order valence-corrected chi connectivity index (χ3v) is 6.93. The number of nitrogens with one attached hydrogen (secondary N) is 2. The van der Waals surface area contributed by atoms with Crippen LogP contribution in [0, 0.1) is 5.92 Å². The van der Waals surface area contributed by atoms with Gasteiger partial charge in [0.25, 0.3) is 0 Å². The van der Waals surface area contributed by atoms with Crippen molar-refractivity contribution in [2.75, 3.05) is 5.32 Å². The second-order valence-electron chi connectivity index (χ2n) is 9.84. The molecule has 1 fully saturated rings. The fourth-order valence-electron chi connectivity index (χ4n) is 4.47. The molecule has 0 aliphatic heterocycles. The lowest BCUT2D eigenvalue weighted by Crippen LogP contribution is -2.40. The molecule has 0 bridgehead atoms. The Morgan fingerprint density at radius 2 is 1.82 bits per heavy atom. The molecule has 1 aliphatic carbocycles. The van der Waals surface area contributed by atoms with Gasteiger partial charge in [-0.05, 0) is 50.2 Å². The third-order valence-electron chi connectivity index (χ3n) is 6.61. The summed E-state index contributed by atoms with van der Waals surface area (Å²) in [6, 6.07) is 8.22. The average molecular weight is 483 g/mol. The number of aromatic nitrogens is 4. The van der Waals surface area contributed by atoms with Crippen LogP contribution in [0.25, 0.3) is 16.7 Å². The van der Waals surface area contributed by atoms with Crippen LogP contribution in [0.2, 0.25) is 5.02 Å². The maximum Gasteiger partial charge on any atom is 0.220 e. The van der Waals surface area contributed by atoms with Crippen LogP contribution in [-0.2, 0) is 4.79 Å². The van der Waals surface area contributed by atoms with Gasteiger partial charge in [0, 0.05) is 24.4 Å². The first-order chi connectivity index (χ1) is 16.4. The number of carbonyl (C=O) groups excluding carboxylic acids is 1. The van der Waals surface area contributed by atoms with Crippen molar-refractivity contribution in [3.63, 3.8) is 0 Å². The summed E-state index contributed by atoms with van der Waals surface area (Å²) in [5.74, 6) is 2.40. The second kappa shape index (κ2) is 10.7. The molecule has 0 saturated heterocycles. The minimum Gasteiger partial charge on any atom is -0.367 e. The molecule has 1 aliphatic rings. The van der Waals surface area contributed by atoms with E-state index in [1.165, 1.54) is 0 Å². The largest absolute Gasteiger partial charge is 0.367 e. The van der Waals surface area contributed by atoms with Crippen LogP contribution in [0.15, 0.2) is 30.5 Å². The molecule has 2 heterocycles. The topological polar surface area (TPSA) is 84.7 Å². The number of amides is 1. The van der Waals surface area contributed by atoms with E-state index in [2.05, 4.69) is 43.4 Å². The van der Waals surface area contributed by atoms with E-state index in [0.29, 0.717) is 23.4 Å². The van der Waals surface area contributed by atoms with Crippen LogP contribution in [0.3, 0.4) is 0 Å². The first-order valence-corrected chi connectivity index (χ1v) is 12.8. The molecule has 1 aromatic carbocycles. The molecule has 7 nitrogen and oxygen atoms in total. The van der Waals surface area contributed by atoms with Crippen molar-refractivity contribution in [1.29, 1.82) is 0 Å². The molecule has 34 heavy (non-hydrogen) atoms. The van der Waals surface area contributed by atoms with E-state index in [9.17, 15) is 4.79 Å². The zero-order valence-electron chi connectivity index (χ0n) is 20.5. The number of benzene rings is 1. The molecular formula is C26H35ClN6O. The Kier molecular flexibility index (Phi) is 7.71. The molecule has 0 spiro atoms. The van der Waals surface area contributed by atoms with Crippen LogP contribution in [0.4, 0.5) is 5.82 Å². The second-order valence-corrected chi connectivity index (χ2v) is 10.3. The number of halogens is 1. The van der Waals surface area contributed by atoms with Crippen LogP contribution in [0.5, 0.6) is 0 Å². The van der Waals surface area contributed by atoms with Crippen molar-refractivity contribution in [2.24, 2.45) is 5.92 Å². The zero-order valence-corrected chi connectivity index (χ0v) is 21.3. The molecule has 2 aromatic heterocycles. The molecule has 3 aromatic rings. The van der Waals surface area contributed by atoms with Gasteiger partial charge in [0.1, 0.15) is 11.6 Å². The van der Waals surface area contributed by atoms with Gasteiger partial charge in [-0.3, -0.25) is 4.79 Å². The molecule has 1 atom stereocenters. The quantitative estimate of drug-likeness (QED) is 0.419. The highest BCUT2D eigenvalue weighted by Crippen LogP contribution is 2.30. The molecule has 1 saturated carbocycles. The Hall–Kier alpha value is -2.67. The van der Waals surface area contributed by atoms with Crippen molar-refractivity contribution >= 4 is 34.4 Å². The Morgan fingerprint density at radius 1 is 1.12 bits per heavy atom. The van der Waals surface area contributed by atoms with Crippen molar-refractivity contribution in [2.45, 2.75) is 84.2 Å². The highest BCUT2D eigenvalue weighted by Gasteiger charge is 2.25. The Morgan fingerprint density at radius 3 is 2.50 bits per heavy atom. The summed E-state index contributed by atoms with van der Waals surface area (Å²) in [6.07, 6.45) is 7.25. The number of carbonyl (C=O) groups is 1. The lowest BCUT2D eigenvalue weighted by atomic mass is 9.91. The molecule has 1 unspecified atom stereocenters. The van der Waals surface area contributed by atoms with Crippen LogP contribution in [0.1, 0.15) is 78.0 Å². The van der Waals surface area contributed by atoms with Crippen LogP contribution < -0.4 is 10.6 Å². The van der Waals surface area contributed by atoms with Gasteiger partial charge in [-0.1, -0.05) is 51.4 Å². The van der Waals surface area contributed by atoms with Crippen LogP contribution >= 0.6 is 11.6 Å². The van der Waals surface area contributed by atoms with E-state index in [0.717, 1.165) is 60.5 Å². The minimum absolute atomic E-state index is 0.161. The molecule has 1 amide bonds. The van der Waals surface area contributed by atoms with Gasteiger partial charge in [-0.25, -0.2) is 14.6 Å². The average Bonchev–Trinajstić information content (AvgIpc) is 3.23. The molecule has 2 N–H and O–H groups in total. The molecule has 4 rings (SSSR count). The Labute approximate surface area is 206 Å². The SMILES string of the molecule is CCC(C)c1nc(NC2CCC(NC(=O)CC(C)C)CC2)c2cnn(-c3ccccc3Cl)c2n1. The van der Waals surface area contributed by atoms with E-state index in [4.69, 9.17) is 21.6 Å². The third kappa shape index (κ3) is 5.52. The summed E-state index contributed by atoms with van der Waals surface area (Å²) in [5, 5.41) is 13.0. The fourth-order valence-corrected chi connectivity index (χ4v) is 4.69. The number of hydrogen-bond donors (Lipinski definition) is 2. The van der Waals surface area contributed by atoms with Crippen LogP contribution in [-0.4, -0.2) is 37.7 Å². The predicted molar refractivity (Wildman–Crippen MR) is 138 cm³/mol. The zero-order chi connectivity index (χ0) is 24.2. The number of rotatable bonds is 8. The first-order valence-electron chi connectivity index (χ1n) is 12.4. The summed E-state index contributed by atoms with van der Waals surface area (Å²) in [5.41, 5.74) is 1.56. The standard InChI is InChI=1S/C26H35ClN6O/c1-5-17(4)24-31-25(30-19-12-10-18(11-13-19)29-23(34)14-16(2)3)20-15-28-33(26(20)32-24)22-9-7-6-8-21(22)27/h6-9,15-19H,5,10-14H2,1-4H3,(H,29,34)(H,30,31,32). The van der Waals surface area contributed by atoms with Gasteiger partial charge >= 0.3 is 0 Å². The number of para-hydroxylation sites is 1. The summed E-state index contributed by atoms with van der Waals surface area (Å²) in [7, 11) is 0. The van der Waals surface area contributed by atoms with Gasteiger partial charge in [-0.15, -0.1) is 0 Å². The summed E-state index contributed by atoms with van der Waals surface area (Å²) in [4.78, 5) is 22.0. The normalized spacial score (nSPS) is 19.4. The lowest BCUT2D eigenvalue weighted by molar-refractivity contribution is -0.122. The van der Waals surface area contributed by atoms with Gasteiger partial charge in [-0.2, -0.15) is 5.10 Å². The highest BCUT2D eigenvalue weighted by atomic mass is 35.5. The van der Waals surface area contributed by atoms with Gasteiger partial charge < -0.3 is 10.6 Å². The smallest absolute Gasteiger partial charge is 0.220 e. The van der Waals surface area contributed by atoms with E-state index in [-0.39, 0.29) is 17.9 Å². The number of fused-ring (bicyclic) bond motifs is 1. The van der Waals surface area contributed by atoms with E-state index in [1.807, 2.05) is 30.5 Å². The van der Waals surface area contributed by atoms with E-state index < -0.39 is 0 Å². The molecule has 182 valence electrons. The Bertz CT molecular complexity index is 1140. The van der Waals surface area contributed by atoms with Gasteiger partial charge in [0.2, 0.25) is 5.91 Å². The Balaban J connectivity index is 1.56. The van der Waals surface area contributed by atoms with E-state index in [1.54, 1.807) is 4.68 Å². The minimum atomic E-state index is 0.161. The van der Waals surface area contributed by atoms with Crippen molar-refractivity contribution < 1.29 is 4.79 Å². The van der Waals surface area contributed by atoms with Gasteiger partial charge in [0.15, 0.2) is 5.65 Å². The highest BCUT2D eigenvalue weighted by molar-refractivity contribution is 6.32. The number of anilines is 1. The summed E-state index contributed by atoms with van der Waals surface area (Å²) < 4.78 is 1.80. The van der Waals surface area contributed by atoms with E-state index >= 15 is 0 Å². The van der Waals surface area contributed by atoms with Crippen molar-refractivity contribution in [3.05, 3.63) is 41.3 Å². The lowest BCUT2D eigenvalue weighted by Gasteiger charge is -2.30. The number of hydrogen-bond acceptors (Lipinski definition) is 5. The maximum atomic E-state index is 12.2. The molecule has 0 radical (unpaired) electrons. The summed E-state index contributed by atoms with van der Waals surface area (Å²) in [6.45, 7) is 8.44. The van der Waals surface area contributed by atoms with Crippen molar-refractivity contribution in [3.8, 4) is 5.69 Å². The summed E-state index contributed by atoms with van der Waals surface area (Å²) >= 11 is 6.47. The number of nitrogens with zero attached hydrogens (tertiary/aromatic N) is 4. The first kappa shape index (κ1) is 24.5. The molecule has 8 heteroatoms. The predicted octanol–water partition coefficient (Wildman–Crippen LogP) is 5.87. The van der Waals surface area contributed by atoms with Gasteiger partial charge in [0.05, 0.1) is 22.3 Å². The fraction of sp³-hybridized carbons (Fsp3) is 0.538. The molecular weight excluding hydrogens is 448 g/mol.